The van der Waals surface area contributed by atoms with Gasteiger partial charge in [-0.2, -0.15) is 0 Å². The molecule has 1 saturated carbocycles. The molecule has 1 aromatic heterocycles. The van der Waals surface area contributed by atoms with Gasteiger partial charge < -0.3 is 11.1 Å². The number of hydrogen-bond acceptors (Lipinski definition) is 3. The Morgan fingerprint density at radius 2 is 2.11 bits per heavy atom. The van der Waals surface area contributed by atoms with E-state index in [0.29, 0.717) is 12.8 Å². The summed E-state index contributed by atoms with van der Waals surface area (Å²) in [4.78, 5) is 23.4. The molecule has 0 aromatic carbocycles. The van der Waals surface area contributed by atoms with E-state index in [9.17, 15) is 9.59 Å². The number of carbonyl (C=O) groups is 2. The maximum atomic E-state index is 11.9. The number of amides is 2. The summed E-state index contributed by atoms with van der Waals surface area (Å²) in [6.45, 7) is 0. The standard InChI is InChI=1S/C13H15BrN2O2S/c14-10-7-9(8-19-10)3-4-11(17)16-13(12(15)18)5-1-2-6-13/h3-4,7-8H,1-2,5-6H2,(H2,15,18)(H,16,17)/b4-3+. The third-order valence-electron chi connectivity index (χ3n) is 3.31. The van der Waals surface area contributed by atoms with Gasteiger partial charge in [-0.25, -0.2) is 0 Å². The average molecular weight is 343 g/mol. The molecule has 0 saturated heterocycles. The highest BCUT2D eigenvalue weighted by Gasteiger charge is 2.40. The first-order valence-corrected chi connectivity index (χ1v) is 7.73. The molecule has 102 valence electrons. The lowest BCUT2D eigenvalue weighted by atomic mass is 9.96. The Bertz CT molecular complexity index is 518. The first kappa shape index (κ1) is 14.3. The van der Waals surface area contributed by atoms with Crippen molar-refractivity contribution in [3.05, 3.63) is 26.9 Å². The minimum atomic E-state index is -0.851. The molecule has 3 N–H and O–H groups in total. The highest BCUT2D eigenvalue weighted by Crippen LogP contribution is 2.29. The van der Waals surface area contributed by atoms with Crippen LogP contribution in [0, 0.1) is 0 Å². The monoisotopic (exact) mass is 342 g/mol. The highest BCUT2D eigenvalue weighted by atomic mass is 79.9. The van der Waals surface area contributed by atoms with Gasteiger partial charge in [0.05, 0.1) is 3.79 Å². The summed E-state index contributed by atoms with van der Waals surface area (Å²) in [5.74, 6) is -0.715. The molecule has 0 radical (unpaired) electrons. The van der Waals surface area contributed by atoms with Crippen LogP contribution < -0.4 is 11.1 Å². The van der Waals surface area contributed by atoms with Crippen molar-refractivity contribution in [2.24, 2.45) is 5.73 Å². The summed E-state index contributed by atoms with van der Waals surface area (Å²) < 4.78 is 1.01. The van der Waals surface area contributed by atoms with Gasteiger partial charge in [-0.3, -0.25) is 9.59 Å². The molecular weight excluding hydrogens is 328 g/mol. The molecule has 1 heterocycles. The molecule has 1 aromatic rings. The fourth-order valence-corrected chi connectivity index (χ4v) is 3.42. The highest BCUT2D eigenvalue weighted by molar-refractivity contribution is 9.11. The van der Waals surface area contributed by atoms with E-state index in [1.165, 1.54) is 6.08 Å². The molecule has 1 aliphatic carbocycles. The van der Waals surface area contributed by atoms with E-state index in [1.807, 2.05) is 11.4 Å². The van der Waals surface area contributed by atoms with Crippen LogP contribution in [0.25, 0.3) is 6.08 Å². The molecule has 1 aliphatic rings. The Kier molecular flexibility index (Phi) is 4.42. The summed E-state index contributed by atoms with van der Waals surface area (Å²) in [6, 6.07) is 1.92. The largest absolute Gasteiger partial charge is 0.368 e. The van der Waals surface area contributed by atoms with Crippen LogP contribution in [0.15, 0.2) is 21.3 Å². The number of rotatable bonds is 4. The maximum Gasteiger partial charge on any atom is 0.244 e. The quantitative estimate of drug-likeness (QED) is 0.825. The first-order chi connectivity index (χ1) is 9.02. The predicted molar refractivity (Wildman–Crippen MR) is 79.6 cm³/mol. The molecule has 2 amide bonds. The van der Waals surface area contributed by atoms with Crippen molar-refractivity contribution in [1.29, 1.82) is 0 Å². The zero-order valence-corrected chi connectivity index (χ0v) is 12.7. The molecule has 0 unspecified atom stereocenters. The van der Waals surface area contributed by atoms with Gasteiger partial charge in [-0.05, 0) is 51.9 Å². The topological polar surface area (TPSA) is 72.2 Å². The summed E-state index contributed by atoms with van der Waals surface area (Å²) in [6.07, 6.45) is 6.27. The lowest BCUT2D eigenvalue weighted by Crippen LogP contribution is -2.55. The van der Waals surface area contributed by atoms with E-state index in [1.54, 1.807) is 17.4 Å². The maximum absolute atomic E-state index is 11.9. The zero-order valence-electron chi connectivity index (χ0n) is 10.3. The van der Waals surface area contributed by atoms with E-state index in [0.717, 1.165) is 22.2 Å². The fourth-order valence-electron chi connectivity index (χ4n) is 2.27. The van der Waals surface area contributed by atoms with Crippen molar-refractivity contribution in [3.8, 4) is 0 Å². The second-order valence-corrected chi connectivity index (χ2v) is 6.95. The average Bonchev–Trinajstić information content (AvgIpc) is 2.97. The summed E-state index contributed by atoms with van der Waals surface area (Å²) in [5, 5.41) is 4.70. The summed E-state index contributed by atoms with van der Waals surface area (Å²) in [7, 11) is 0. The molecule has 0 atom stereocenters. The lowest BCUT2D eigenvalue weighted by Gasteiger charge is -2.25. The van der Waals surface area contributed by atoms with Crippen molar-refractivity contribution in [2.75, 3.05) is 0 Å². The van der Waals surface area contributed by atoms with Gasteiger partial charge in [0.2, 0.25) is 11.8 Å². The van der Waals surface area contributed by atoms with Crippen LogP contribution in [0.2, 0.25) is 0 Å². The van der Waals surface area contributed by atoms with Crippen LogP contribution in [0.4, 0.5) is 0 Å². The van der Waals surface area contributed by atoms with Crippen molar-refractivity contribution in [3.63, 3.8) is 0 Å². The number of carbonyl (C=O) groups excluding carboxylic acids is 2. The smallest absolute Gasteiger partial charge is 0.244 e. The number of thiophene rings is 1. The van der Waals surface area contributed by atoms with E-state index >= 15 is 0 Å². The van der Waals surface area contributed by atoms with Gasteiger partial charge in [-0.1, -0.05) is 12.8 Å². The zero-order chi connectivity index (χ0) is 13.9. The molecule has 0 aliphatic heterocycles. The second-order valence-electron chi connectivity index (χ2n) is 4.66. The molecule has 4 nitrogen and oxygen atoms in total. The fraction of sp³-hybridized carbons (Fsp3) is 0.385. The van der Waals surface area contributed by atoms with E-state index in [-0.39, 0.29) is 5.91 Å². The van der Waals surface area contributed by atoms with Gasteiger partial charge in [0.1, 0.15) is 5.54 Å². The number of nitrogens with two attached hydrogens (primary N) is 1. The van der Waals surface area contributed by atoms with Crippen LogP contribution >= 0.6 is 27.3 Å². The van der Waals surface area contributed by atoms with Gasteiger partial charge >= 0.3 is 0 Å². The van der Waals surface area contributed by atoms with Gasteiger partial charge in [0, 0.05) is 6.08 Å². The van der Waals surface area contributed by atoms with E-state index < -0.39 is 11.4 Å². The second kappa shape index (κ2) is 5.88. The number of nitrogens with one attached hydrogen (secondary N) is 1. The van der Waals surface area contributed by atoms with Crippen LogP contribution in [-0.2, 0) is 9.59 Å². The van der Waals surface area contributed by atoms with Crippen LogP contribution in [0.3, 0.4) is 0 Å². The Morgan fingerprint density at radius 1 is 1.42 bits per heavy atom. The third-order valence-corrected chi connectivity index (χ3v) is 4.83. The minimum absolute atomic E-state index is 0.275. The molecule has 2 rings (SSSR count). The Morgan fingerprint density at radius 3 is 2.63 bits per heavy atom. The van der Waals surface area contributed by atoms with E-state index in [2.05, 4.69) is 21.2 Å². The van der Waals surface area contributed by atoms with Crippen LogP contribution in [0.5, 0.6) is 0 Å². The van der Waals surface area contributed by atoms with E-state index in [4.69, 9.17) is 5.73 Å². The summed E-state index contributed by atoms with van der Waals surface area (Å²) in [5.41, 5.74) is 5.51. The van der Waals surface area contributed by atoms with Gasteiger partial charge in [-0.15, -0.1) is 11.3 Å². The minimum Gasteiger partial charge on any atom is -0.368 e. The third kappa shape index (κ3) is 3.45. The Labute approximate surface area is 124 Å². The molecule has 1 fully saturated rings. The normalized spacial score (nSPS) is 17.7. The number of primary amides is 1. The van der Waals surface area contributed by atoms with Gasteiger partial charge in [0.15, 0.2) is 0 Å². The number of halogens is 1. The molecule has 6 heteroatoms. The Hall–Kier alpha value is -1.14. The lowest BCUT2D eigenvalue weighted by molar-refractivity contribution is -0.129. The van der Waals surface area contributed by atoms with Crippen LogP contribution in [0.1, 0.15) is 31.2 Å². The van der Waals surface area contributed by atoms with Crippen molar-refractivity contribution >= 4 is 45.2 Å². The SMILES string of the molecule is NC(=O)C1(NC(=O)/C=C/c2csc(Br)c2)CCCC1. The molecule has 0 bridgehead atoms. The molecular formula is C13H15BrN2O2S. The molecule has 0 spiro atoms. The van der Waals surface area contributed by atoms with Gasteiger partial charge in [0.25, 0.3) is 0 Å². The summed E-state index contributed by atoms with van der Waals surface area (Å²) >= 11 is 4.91. The first-order valence-electron chi connectivity index (χ1n) is 6.06. The van der Waals surface area contributed by atoms with Crippen molar-refractivity contribution in [1.82, 2.24) is 5.32 Å². The Balaban J connectivity index is 2.00. The predicted octanol–water partition coefficient (Wildman–Crippen LogP) is 2.44. The van der Waals surface area contributed by atoms with Crippen LogP contribution in [-0.4, -0.2) is 17.4 Å². The molecule has 19 heavy (non-hydrogen) atoms. The number of hydrogen-bond donors (Lipinski definition) is 2. The van der Waals surface area contributed by atoms with Crippen molar-refractivity contribution in [2.45, 2.75) is 31.2 Å². The van der Waals surface area contributed by atoms with Crippen molar-refractivity contribution < 1.29 is 9.59 Å².